The Bertz CT molecular complexity index is 692. The third kappa shape index (κ3) is 1.52. The molecule has 0 aliphatic heterocycles. The summed E-state index contributed by atoms with van der Waals surface area (Å²) in [4.78, 5) is 9.85. The summed E-state index contributed by atoms with van der Waals surface area (Å²) >= 11 is 8.75. The van der Waals surface area contributed by atoms with Gasteiger partial charge in [-0.05, 0) is 18.4 Å². The summed E-state index contributed by atoms with van der Waals surface area (Å²) in [6, 6.07) is 4.17. The van der Waals surface area contributed by atoms with Gasteiger partial charge in [0, 0.05) is 15.8 Å². The molecule has 0 fully saturated rings. The lowest BCUT2D eigenvalue weighted by atomic mass is 10.2. The highest BCUT2D eigenvalue weighted by Gasteiger charge is 2.10. The Labute approximate surface area is 106 Å². The Kier molecular flexibility index (Phi) is 2.38. The zero-order valence-electron chi connectivity index (χ0n) is 8.48. The molecule has 0 saturated heterocycles. The van der Waals surface area contributed by atoms with Gasteiger partial charge in [-0.2, -0.15) is 0 Å². The van der Waals surface area contributed by atoms with E-state index in [1.807, 2.05) is 6.92 Å². The van der Waals surface area contributed by atoms with Gasteiger partial charge in [0.1, 0.15) is 15.3 Å². The van der Waals surface area contributed by atoms with Crippen LogP contribution in [0.2, 0.25) is 0 Å². The van der Waals surface area contributed by atoms with Gasteiger partial charge in [0.25, 0.3) is 0 Å². The van der Waals surface area contributed by atoms with Crippen molar-refractivity contribution in [3.05, 3.63) is 33.4 Å². The van der Waals surface area contributed by atoms with E-state index in [0.717, 1.165) is 20.7 Å². The quantitative estimate of drug-likeness (QED) is 0.660. The predicted octanol–water partition coefficient (Wildman–Crippen LogP) is 4.39. The van der Waals surface area contributed by atoms with E-state index in [0.29, 0.717) is 0 Å². The minimum atomic E-state index is 0.784. The molecule has 1 N–H and O–H groups in total. The van der Waals surface area contributed by atoms with E-state index in [2.05, 4.69) is 32.9 Å². The average Bonchev–Trinajstić information content (AvgIpc) is 2.82. The van der Waals surface area contributed by atoms with Crippen LogP contribution < -0.4 is 0 Å². The molecule has 0 aliphatic carbocycles. The standard InChI is InChI=1S/C11H8N2S3/c1-6-12-10(14)9-7(5-16-11(9)13-6)8-3-2-4-15-8/h2-5H,1H3,(H,12,13,14). The van der Waals surface area contributed by atoms with Gasteiger partial charge in [-0.25, -0.2) is 4.98 Å². The van der Waals surface area contributed by atoms with Crippen molar-refractivity contribution in [2.24, 2.45) is 0 Å². The summed E-state index contributed by atoms with van der Waals surface area (Å²) in [6.07, 6.45) is 0. The van der Waals surface area contributed by atoms with E-state index in [-0.39, 0.29) is 0 Å². The highest BCUT2D eigenvalue weighted by Crippen LogP contribution is 2.35. The second-order valence-electron chi connectivity index (χ2n) is 3.46. The summed E-state index contributed by atoms with van der Waals surface area (Å²) < 4.78 is 0.784. The maximum Gasteiger partial charge on any atom is 0.128 e. The number of nitrogens with one attached hydrogen (secondary N) is 1. The van der Waals surface area contributed by atoms with Crippen LogP contribution in [-0.2, 0) is 0 Å². The number of hydrogen-bond donors (Lipinski definition) is 1. The molecule has 3 rings (SSSR count). The van der Waals surface area contributed by atoms with E-state index < -0.39 is 0 Å². The van der Waals surface area contributed by atoms with Crippen LogP contribution in [0.5, 0.6) is 0 Å². The van der Waals surface area contributed by atoms with Crippen LogP contribution in [0, 0.1) is 11.6 Å². The molecule has 0 amide bonds. The number of fused-ring (bicyclic) bond motifs is 1. The molecule has 0 saturated carbocycles. The highest BCUT2D eigenvalue weighted by atomic mass is 32.1. The summed E-state index contributed by atoms with van der Waals surface area (Å²) in [5.41, 5.74) is 1.20. The SMILES string of the molecule is Cc1nc2scc(-c3cccs3)c2c(=S)[nH]1. The van der Waals surface area contributed by atoms with Gasteiger partial charge in [-0.15, -0.1) is 22.7 Å². The molecule has 80 valence electrons. The van der Waals surface area contributed by atoms with Gasteiger partial charge >= 0.3 is 0 Å². The average molecular weight is 264 g/mol. The van der Waals surface area contributed by atoms with E-state index in [1.165, 1.54) is 10.4 Å². The highest BCUT2D eigenvalue weighted by molar-refractivity contribution is 7.71. The monoisotopic (exact) mass is 264 g/mol. The lowest BCUT2D eigenvalue weighted by molar-refractivity contribution is 1.09. The van der Waals surface area contributed by atoms with Crippen LogP contribution in [0.3, 0.4) is 0 Å². The van der Waals surface area contributed by atoms with Gasteiger partial charge in [0.15, 0.2) is 0 Å². The summed E-state index contributed by atoms with van der Waals surface area (Å²) in [6.45, 7) is 1.93. The Morgan fingerprint density at radius 1 is 1.38 bits per heavy atom. The van der Waals surface area contributed by atoms with E-state index >= 15 is 0 Å². The fourth-order valence-corrected chi connectivity index (χ4v) is 3.91. The molecule has 0 aliphatic rings. The maximum absolute atomic E-state index is 5.37. The summed E-state index contributed by atoms with van der Waals surface area (Å²) in [5.74, 6) is 0.872. The second-order valence-corrected chi connectivity index (χ2v) is 5.67. The number of H-pyrrole nitrogens is 1. The normalized spacial score (nSPS) is 11.1. The van der Waals surface area contributed by atoms with Gasteiger partial charge in [0.2, 0.25) is 0 Å². The van der Waals surface area contributed by atoms with Crippen molar-refractivity contribution < 1.29 is 0 Å². The number of thiophene rings is 2. The third-order valence-corrected chi connectivity index (χ3v) is 4.43. The molecule has 3 heterocycles. The topological polar surface area (TPSA) is 28.7 Å². The number of aromatic nitrogens is 2. The molecule has 0 radical (unpaired) electrons. The van der Waals surface area contributed by atoms with Gasteiger partial charge < -0.3 is 4.98 Å². The van der Waals surface area contributed by atoms with Crippen molar-refractivity contribution >= 4 is 45.1 Å². The largest absolute Gasteiger partial charge is 0.334 e. The Morgan fingerprint density at radius 2 is 2.25 bits per heavy atom. The van der Waals surface area contributed by atoms with E-state index in [1.54, 1.807) is 22.7 Å². The van der Waals surface area contributed by atoms with Crippen LogP contribution >= 0.6 is 34.9 Å². The van der Waals surface area contributed by atoms with Gasteiger partial charge in [-0.3, -0.25) is 0 Å². The molecule has 3 aromatic heterocycles. The molecule has 2 nitrogen and oxygen atoms in total. The second kappa shape index (κ2) is 3.76. The van der Waals surface area contributed by atoms with E-state index in [4.69, 9.17) is 12.2 Å². The van der Waals surface area contributed by atoms with Crippen molar-refractivity contribution in [3.8, 4) is 10.4 Å². The van der Waals surface area contributed by atoms with Crippen molar-refractivity contribution in [1.82, 2.24) is 9.97 Å². The molecule has 0 atom stereocenters. The van der Waals surface area contributed by atoms with Crippen LogP contribution in [-0.4, -0.2) is 9.97 Å². The van der Waals surface area contributed by atoms with Crippen LogP contribution in [0.4, 0.5) is 0 Å². The van der Waals surface area contributed by atoms with Crippen LogP contribution in [0.25, 0.3) is 20.7 Å². The molecule has 5 heteroatoms. The Morgan fingerprint density at radius 3 is 3.00 bits per heavy atom. The molecule has 0 aromatic carbocycles. The smallest absolute Gasteiger partial charge is 0.128 e. The molecule has 3 aromatic rings. The summed E-state index contributed by atoms with van der Waals surface area (Å²) in [5, 5.41) is 5.29. The third-order valence-electron chi connectivity index (χ3n) is 2.35. The van der Waals surface area contributed by atoms with Crippen molar-refractivity contribution in [3.63, 3.8) is 0 Å². The van der Waals surface area contributed by atoms with Crippen molar-refractivity contribution in [2.75, 3.05) is 0 Å². The van der Waals surface area contributed by atoms with Crippen molar-refractivity contribution in [2.45, 2.75) is 6.92 Å². The molecule has 0 spiro atoms. The van der Waals surface area contributed by atoms with Crippen molar-refractivity contribution in [1.29, 1.82) is 0 Å². The first-order chi connectivity index (χ1) is 7.75. The molecular formula is C11H8N2S3. The molecule has 16 heavy (non-hydrogen) atoms. The first kappa shape index (κ1) is 10.1. The minimum absolute atomic E-state index is 0.784. The Hall–Kier alpha value is -1.04. The number of nitrogens with zero attached hydrogens (tertiary/aromatic N) is 1. The summed E-state index contributed by atoms with van der Waals surface area (Å²) in [7, 11) is 0. The first-order valence-corrected chi connectivity index (χ1v) is 6.94. The number of rotatable bonds is 1. The molecule has 0 unspecified atom stereocenters. The Balaban J connectivity index is 2.41. The predicted molar refractivity (Wildman–Crippen MR) is 72.9 cm³/mol. The lowest BCUT2D eigenvalue weighted by Crippen LogP contribution is -1.87. The fourth-order valence-electron chi connectivity index (χ4n) is 1.67. The maximum atomic E-state index is 5.37. The van der Waals surface area contributed by atoms with Gasteiger partial charge in [-0.1, -0.05) is 18.3 Å². The fraction of sp³-hybridized carbons (Fsp3) is 0.0909. The zero-order chi connectivity index (χ0) is 11.1. The van der Waals surface area contributed by atoms with E-state index in [9.17, 15) is 0 Å². The number of aryl methyl sites for hydroxylation is 1. The lowest BCUT2D eigenvalue weighted by Gasteiger charge is -1.97. The van der Waals surface area contributed by atoms with Gasteiger partial charge in [0.05, 0.1) is 5.39 Å². The first-order valence-electron chi connectivity index (χ1n) is 4.78. The minimum Gasteiger partial charge on any atom is -0.334 e. The molecule has 0 bridgehead atoms. The number of aromatic amines is 1. The zero-order valence-corrected chi connectivity index (χ0v) is 10.9. The van der Waals surface area contributed by atoms with Crippen LogP contribution in [0.1, 0.15) is 5.82 Å². The van der Waals surface area contributed by atoms with Crippen LogP contribution in [0.15, 0.2) is 22.9 Å². The molecular weight excluding hydrogens is 256 g/mol. The number of hydrogen-bond acceptors (Lipinski definition) is 4.